The van der Waals surface area contributed by atoms with Crippen molar-refractivity contribution in [1.29, 1.82) is 0 Å². The number of nitrogens with zero attached hydrogens (tertiary/aromatic N) is 6. The van der Waals surface area contributed by atoms with Gasteiger partial charge in [-0.1, -0.05) is 19.2 Å². The summed E-state index contributed by atoms with van der Waals surface area (Å²) in [5.41, 5.74) is 10.7. The average molecular weight is 803 g/mol. The van der Waals surface area contributed by atoms with E-state index in [1.807, 2.05) is 62.6 Å². The van der Waals surface area contributed by atoms with Crippen molar-refractivity contribution in [2.75, 3.05) is 31.0 Å². The Balaban J connectivity index is 0.000000182. The van der Waals surface area contributed by atoms with Crippen molar-refractivity contribution in [3.8, 4) is 50.3 Å². The minimum atomic E-state index is -0.618. The van der Waals surface area contributed by atoms with Crippen LogP contribution in [-0.4, -0.2) is 62.9 Å². The molecule has 0 aliphatic carbocycles. The number of aromatic nitrogens is 6. The van der Waals surface area contributed by atoms with Crippen LogP contribution in [0.15, 0.2) is 129 Å². The standard InChI is InChI=1S/C24H21FN4O2.C23H19FN4O/c1-5-22(30)29(3)20-10-16(11-21(31-4)23(20)25)17-9-18-19(13-28-24(18)27-12-17)15-6-7-26-14(2)8-15;1-4-22(29)28(3)21-11-15(5-6-20(21)24)17-10-18-19(13-27-23(18)26-12-17)16-7-8-25-14(2)9-16/h5-13H,1H2,2-4H3,(H,27,28);4-13H,1H2,2-3H3,(H,26,27). The Morgan fingerprint density at radius 2 is 1.13 bits per heavy atom. The topological polar surface area (TPSA) is 133 Å². The molecule has 300 valence electrons. The number of anilines is 2. The number of benzene rings is 2. The number of aromatic amines is 2. The average Bonchev–Trinajstić information content (AvgIpc) is 3.90. The maximum absolute atomic E-state index is 14.9. The fraction of sp³-hybridized carbons (Fsp3) is 0.106. The van der Waals surface area contributed by atoms with E-state index in [9.17, 15) is 18.4 Å². The molecule has 11 nitrogen and oxygen atoms in total. The van der Waals surface area contributed by atoms with Gasteiger partial charge in [-0.15, -0.1) is 0 Å². The number of hydrogen-bond acceptors (Lipinski definition) is 7. The van der Waals surface area contributed by atoms with Crippen molar-refractivity contribution < 1.29 is 23.1 Å². The molecule has 6 aromatic heterocycles. The third-order valence-electron chi connectivity index (χ3n) is 10.1. The summed E-state index contributed by atoms with van der Waals surface area (Å²) in [4.78, 5) is 50.3. The number of carbonyl (C=O) groups excluding carboxylic acids is 2. The molecule has 0 saturated heterocycles. The van der Waals surface area contributed by atoms with Crippen molar-refractivity contribution in [2.24, 2.45) is 0 Å². The zero-order valence-corrected chi connectivity index (χ0v) is 33.5. The van der Waals surface area contributed by atoms with E-state index in [4.69, 9.17) is 4.74 Å². The Kier molecular flexibility index (Phi) is 11.4. The van der Waals surface area contributed by atoms with Gasteiger partial charge in [-0.25, -0.2) is 18.7 Å². The Hall–Kier alpha value is -7.80. The van der Waals surface area contributed by atoms with Gasteiger partial charge in [0.05, 0.1) is 18.5 Å². The van der Waals surface area contributed by atoms with Crippen LogP contribution in [-0.2, 0) is 9.59 Å². The molecule has 0 atom stereocenters. The highest BCUT2D eigenvalue weighted by molar-refractivity contribution is 6.03. The molecule has 0 aliphatic rings. The van der Waals surface area contributed by atoms with E-state index in [-0.39, 0.29) is 23.0 Å². The van der Waals surface area contributed by atoms with Crippen LogP contribution in [0.4, 0.5) is 20.2 Å². The molecule has 13 heteroatoms. The van der Waals surface area contributed by atoms with Gasteiger partial charge in [0.1, 0.15) is 17.1 Å². The molecule has 60 heavy (non-hydrogen) atoms. The number of aryl methyl sites for hydroxylation is 2. The molecule has 2 amide bonds. The normalized spacial score (nSPS) is 10.8. The second-order valence-electron chi connectivity index (χ2n) is 13.9. The molecule has 0 unspecified atom stereocenters. The van der Waals surface area contributed by atoms with Gasteiger partial charge in [0, 0.05) is 95.7 Å². The number of amides is 2. The molecule has 2 aromatic carbocycles. The number of methoxy groups -OCH3 is 1. The number of pyridine rings is 4. The van der Waals surface area contributed by atoms with E-state index in [1.165, 1.54) is 37.1 Å². The van der Waals surface area contributed by atoms with Crippen molar-refractivity contribution in [3.05, 3.63) is 152 Å². The summed E-state index contributed by atoms with van der Waals surface area (Å²) in [7, 11) is 4.39. The van der Waals surface area contributed by atoms with E-state index in [0.29, 0.717) is 5.56 Å². The second kappa shape index (κ2) is 17.0. The van der Waals surface area contributed by atoms with Gasteiger partial charge in [0.25, 0.3) is 0 Å². The van der Waals surface area contributed by atoms with E-state index in [0.717, 1.165) is 84.6 Å². The molecule has 2 N–H and O–H groups in total. The lowest BCUT2D eigenvalue weighted by atomic mass is 10.0. The third kappa shape index (κ3) is 8.01. The highest BCUT2D eigenvalue weighted by atomic mass is 19.1. The van der Waals surface area contributed by atoms with Crippen molar-refractivity contribution in [2.45, 2.75) is 13.8 Å². The number of hydrogen-bond donors (Lipinski definition) is 2. The minimum absolute atomic E-state index is 0.0374. The minimum Gasteiger partial charge on any atom is -0.494 e. The van der Waals surface area contributed by atoms with E-state index < -0.39 is 17.5 Å². The molecule has 8 rings (SSSR count). The smallest absolute Gasteiger partial charge is 0.250 e. The van der Waals surface area contributed by atoms with Crippen molar-refractivity contribution in [1.82, 2.24) is 29.9 Å². The zero-order chi connectivity index (χ0) is 42.7. The van der Waals surface area contributed by atoms with Gasteiger partial charge < -0.3 is 24.5 Å². The largest absolute Gasteiger partial charge is 0.494 e. The molecular formula is C47H40F2N8O3. The molecule has 6 heterocycles. The Bertz CT molecular complexity index is 2960. The first-order valence-corrected chi connectivity index (χ1v) is 18.7. The molecule has 0 bridgehead atoms. The molecule has 0 saturated carbocycles. The van der Waals surface area contributed by atoms with Gasteiger partial charge in [0.15, 0.2) is 11.6 Å². The maximum Gasteiger partial charge on any atom is 0.250 e. The van der Waals surface area contributed by atoms with Crippen LogP contribution in [0.5, 0.6) is 5.75 Å². The summed E-state index contributed by atoms with van der Waals surface area (Å²) in [5, 5.41) is 1.87. The van der Waals surface area contributed by atoms with Crippen LogP contribution in [0.2, 0.25) is 0 Å². The lowest BCUT2D eigenvalue weighted by molar-refractivity contribution is -0.114. The van der Waals surface area contributed by atoms with Crippen LogP contribution in [0.3, 0.4) is 0 Å². The Labute approximate surface area is 344 Å². The predicted molar refractivity (Wildman–Crippen MR) is 233 cm³/mol. The zero-order valence-electron chi connectivity index (χ0n) is 33.5. The van der Waals surface area contributed by atoms with Gasteiger partial charge in [0.2, 0.25) is 11.8 Å². The molecule has 0 spiro atoms. The molecule has 8 aromatic rings. The van der Waals surface area contributed by atoms with E-state index >= 15 is 0 Å². The van der Waals surface area contributed by atoms with Crippen LogP contribution in [0.25, 0.3) is 66.6 Å². The van der Waals surface area contributed by atoms with Gasteiger partial charge in [-0.05, 0) is 109 Å². The fourth-order valence-corrected chi connectivity index (χ4v) is 6.83. The summed E-state index contributed by atoms with van der Waals surface area (Å²) < 4.78 is 34.4. The number of rotatable bonds is 9. The van der Waals surface area contributed by atoms with Crippen LogP contribution in [0, 0.1) is 25.5 Å². The summed E-state index contributed by atoms with van der Waals surface area (Å²) in [6.45, 7) is 10.8. The summed E-state index contributed by atoms with van der Waals surface area (Å²) in [6, 6.07) is 19.8. The lowest BCUT2D eigenvalue weighted by Crippen LogP contribution is -2.25. The maximum atomic E-state index is 14.9. The monoisotopic (exact) mass is 802 g/mol. The first-order chi connectivity index (χ1) is 28.9. The molecule has 0 radical (unpaired) electrons. The first kappa shape index (κ1) is 40.4. The number of ether oxygens (including phenoxy) is 1. The van der Waals surface area contributed by atoms with Gasteiger partial charge in [-0.2, -0.15) is 0 Å². The summed E-state index contributed by atoms with van der Waals surface area (Å²) in [5.74, 6) is -1.86. The third-order valence-corrected chi connectivity index (χ3v) is 10.1. The number of fused-ring (bicyclic) bond motifs is 2. The highest BCUT2D eigenvalue weighted by Gasteiger charge is 2.20. The molecule has 0 fully saturated rings. The number of halogens is 2. The Morgan fingerprint density at radius 3 is 1.63 bits per heavy atom. The van der Waals surface area contributed by atoms with Crippen molar-refractivity contribution >= 4 is 45.3 Å². The highest BCUT2D eigenvalue weighted by Crippen LogP contribution is 2.37. The van der Waals surface area contributed by atoms with Crippen LogP contribution < -0.4 is 14.5 Å². The summed E-state index contributed by atoms with van der Waals surface area (Å²) >= 11 is 0. The van der Waals surface area contributed by atoms with E-state index in [2.05, 4.69) is 43.1 Å². The quantitative estimate of drug-likeness (QED) is 0.139. The number of likely N-dealkylation sites (N-methyl/N-ethyl adjacent to an activating group) is 2. The van der Waals surface area contributed by atoms with Crippen LogP contribution >= 0.6 is 0 Å². The number of H-pyrrole nitrogens is 2. The molecule has 0 aliphatic heterocycles. The predicted octanol–water partition coefficient (Wildman–Crippen LogP) is 9.79. The van der Waals surface area contributed by atoms with Crippen LogP contribution in [0.1, 0.15) is 11.4 Å². The summed E-state index contributed by atoms with van der Waals surface area (Å²) in [6.07, 6.45) is 13.1. The van der Waals surface area contributed by atoms with Gasteiger partial charge in [-0.3, -0.25) is 19.6 Å². The number of nitrogens with one attached hydrogen (secondary N) is 2. The first-order valence-electron chi connectivity index (χ1n) is 18.7. The van der Waals surface area contributed by atoms with Crippen molar-refractivity contribution in [3.63, 3.8) is 0 Å². The SMILES string of the molecule is C=CC(=O)N(C)c1cc(-c2cnc3[nH]cc(-c4ccnc(C)c4)c3c2)cc(OC)c1F.C=CC(=O)N(C)c1cc(-c2cnc3[nH]cc(-c4ccnc(C)c4)c3c2)ccc1F. The Morgan fingerprint density at radius 1 is 0.633 bits per heavy atom. The molecular weight excluding hydrogens is 763 g/mol. The fourth-order valence-electron chi connectivity index (χ4n) is 6.83. The van der Waals surface area contributed by atoms with E-state index in [1.54, 1.807) is 49.1 Å². The number of carbonyl (C=O) groups is 2. The second-order valence-corrected chi connectivity index (χ2v) is 13.9. The van der Waals surface area contributed by atoms with Gasteiger partial charge >= 0.3 is 0 Å². The lowest BCUT2D eigenvalue weighted by Gasteiger charge is -2.19.